The Morgan fingerprint density at radius 2 is 2.50 bits per heavy atom. The van der Waals surface area contributed by atoms with Crippen LogP contribution in [0, 0.1) is 0 Å². The lowest BCUT2D eigenvalue weighted by Gasteiger charge is -2.09. The van der Waals surface area contributed by atoms with Crippen molar-refractivity contribution in [2.75, 3.05) is 24.7 Å². The highest BCUT2D eigenvalue weighted by molar-refractivity contribution is 7.99. The van der Waals surface area contributed by atoms with Crippen LogP contribution in [0.1, 0.15) is 12.8 Å². The van der Waals surface area contributed by atoms with Crippen LogP contribution < -0.4 is 5.32 Å². The van der Waals surface area contributed by atoms with Crippen LogP contribution in [0.4, 0.5) is 5.95 Å². The Morgan fingerprint density at radius 1 is 1.56 bits per heavy atom. The molecule has 1 fully saturated rings. The van der Waals surface area contributed by atoms with E-state index in [2.05, 4.69) is 25.3 Å². The lowest BCUT2D eigenvalue weighted by atomic mass is 10.3. The van der Waals surface area contributed by atoms with Crippen LogP contribution in [0.3, 0.4) is 0 Å². The molecular formula is C11H15N5OS. The molecule has 0 aromatic carbocycles. The topological polar surface area (TPSA) is 75.7 Å². The van der Waals surface area contributed by atoms with Gasteiger partial charge in [0.15, 0.2) is 5.65 Å². The van der Waals surface area contributed by atoms with Crippen LogP contribution in [0.25, 0.3) is 11.2 Å². The molecule has 0 spiro atoms. The van der Waals surface area contributed by atoms with Gasteiger partial charge in [0, 0.05) is 19.4 Å². The average molecular weight is 265 g/mol. The first kappa shape index (κ1) is 11.7. The normalized spacial score (nSPS) is 19.5. The molecule has 0 aliphatic carbocycles. The second kappa shape index (κ2) is 5.11. The summed E-state index contributed by atoms with van der Waals surface area (Å²) in [5.41, 5.74) is 1.60. The summed E-state index contributed by atoms with van der Waals surface area (Å²) in [4.78, 5) is 16.0. The minimum absolute atomic E-state index is 0.348. The second-order valence-electron chi connectivity index (χ2n) is 4.15. The van der Waals surface area contributed by atoms with E-state index in [1.54, 1.807) is 18.1 Å². The number of thioether (sulfide) groups is 1. The standard InChI is InChI=1S/C11H15N5OS/c1-12-11-15-9-8(13-6-14-9)10(16-11)18-5-7-3-2-4-17-7/h6-7H,2-5H2,1H3,(H2,12,13,14,15,16). The predicted octanol–water partition coefficient (Wildman–Crippen LogP) is 1.67. The molecule has 1 aliphatic heterocycles. The van der Waals surface area contributed by atoms with E-state index in [1.165, 1.54) is 0 Å². The number of hydrogen-bond donors (Lipinski definition) is 2. The van der Waals surface area contributed by atoms with Gasteiger partial charge in [0.05, 0.1) is 12.4 Å². The number of ether oxygens (including phenoxy) is 1. The van der Waals surface area contributed by atoms with Gasteiger partial charge in [-0.1, -0.05) is 0 Å². The van der Waals surface area contributed by atoms with Gasteiger partial charge in [-0.05, 0) is 12.8 Å². The summed E-state index contributed by atoms with van der Waals surface area (Å²) in [6.07, 6.45) is 4.30. The molecule has 0 radical (unpaired) electrons. The maximum absolute atomic E-state index is 5.62. The van der Waals surface area contributed by atoms with E-state index in [-0.39, 0.29) is 0 Å². The summed E-state index contributed by atoms with van der Waals surface area (Å²) in [7, 11) is 1.81. The fourth-order valence-electron chi connectivity index (χ4n) is 1.97. The molecule has 3 rings (SSSR count). The Kier molecular flexibility index (Phi) is 3.33. The highest BCUT2D eigenvalue weighted by Crippen LogP contribution is 2.27. The minimum Gasteiger partial charge on any atom is -0.377 e. The lowest BCUT2D eigenvalue weighted by Crippen LogP contribution is -2.08. The molecule has 7 heteroatoms. The predicted molar refractivity (Wildman–Crippen MR) is 70.9 cm³/mol. The van der Waals surface area contributed by atoms with Crippen molar-refractivity contribution in [3.8, 4) is 0 Å². The molecule has 96 valence electrons. The fraction of sp³-hybridized carbons (Fsp3) is 0.545. The maximum Gasteiger partial charge on any atom is 0.225 e. The van der Waals surface area contributed by atoms with Crippen molar-refractivity contribution in [3.63, 3.8) is 0 Å². The third-order valence-corrected chi connectivity index (χ3v) is 4.01. The van der Waals surface area contributed by atoms with Gasteiger partial charge in [0.25, 0.3) is 0 Å². The van der Waals surface area contributed by atoms with E-state index in [9.17, 15) is 0 Å². The zero-order valence-corrected chi connectivity index (χ0v) is 11.0. The minimum atomic E-state index is 0.348. The van der Waals surface area contributed by atoms with E-state index in [0.717, 1.165) is 35.7 Å². The molecule has 0 saturated carbocycles. The molecule has 0 amide bonds. The number of aromatic nitrogens is 4. The molecule has 1 atom stereocenters. The van der Waals surface area contributed by atoms with Crippen LogP contribution in [0.5, 0.6) is 0 Å². The summed E-state index contributed by atoms with van der Waals surface area (Å²) in [5.74, 6) is 1.53. The number of imidazole rings is 1. The molecule has 2 aromatic rings. The van der Waals surface area contributed by atoms with Crippen molar-refractivity contribution in [3.05, 3.63) is 6.33 Å². The largest absolute Gasteiger partial charge is 0.377 e. The van der Waals surface area contributed by atoms with E-state index in [4.69, 9.17) is 4.74 Å². The maximum atomic E-state index is 5.62. The summed E-state index contributed by atoms with van der Waals surface area (Å²) in [5, 5.41) is 3.88. The van der Waals surface area contributed by atoms with Crippen LogP contribution >= 0.6 is 11.8 Å². The lowest BCUT2D eigenvalue weighted by molar-refractivity contribution is 0.129. The Labute approximate surface area is 109 Å². The molecule has 0 bridgehead atoms. The Bertz CT molecular complexity index is 537. The molecule has 2 aromatic heterocycles. The zero-order chi connectivity index (χ0) is 12.4. The first-order valence-corrected chi connectivity index (χ1v) is 6.98. The number of H-pyrrole nitrogens is 1. The smallest absolute Gasteiger partial charge is 0.225 e. The number of rotatable bonds is 4. The van der Waals surface area contributed by atoms with Crippen molar-refractivity contribution in [1.29, 1.82) is 0 Å². The molecule has 18 heavy (non-hydrogen) atoms. The summed E-state index contributed by atoms with van der Waals surface area (Å²) >= 11 is 1.69. The number of anilines is 1. The van der Waals surface area contributed by atoms with Crippen LogP contribution in [0.2, 0.25) is 0 Å². The SMILES string of the molecule is CNc1nc(SCC2CCCO2)c2[nH]cnc2n1. The highest BCUT2D eigenvalue weighted by atomic mass is 32.2. The van der Waals surface area contributed by atoms with Gasteiger partial charge in [-0.2, -0.15) is 4.98 Å². The Balaban J connectivity index is 1.82. The third kappa shape index (κ3) is 2.28. The quantitative estimate of drug-likeness (QED) is 0.647. The highest BCUT2D eigenvalue weighted by Gasteiger charge is 2.17. The van der Waals surface area contributed by atoms with Crippen LogP contribution in [0.15, 0.2) is 11.4 Å². The number of hydrogen-bond acceptors (Lipinski definition) is 6. The van der Waals surface area contributed by atoms with Gasteiger partial charge in [-0.15, -0.1) is 11.8 Å². The number of nitrogens with zero attached hydrogens (tertiary/aromatic N) is 3. The van der Waals surface area contributed by atoms with E-state index >= 15 is 0 Å². The van der Waals surface area contributed by atoms with Gasteiger partial charge in [0.2, 0.25) is 5.95 Å². The van der Waals surface area contributed by atoms with Crippen LogP contribution in [-0.4, -0.2) is 45.4 Å². The van der Waals surface area contributed by atoms with E-state index in [1.807, 2.05) is 7.05 Å². The molecule has 3 heterocycles. The Morgan fingerprint density at radius 3 is 3.28 bits per heavy atom. The van der Waals surface area contributed by atoms with Gasteiger partial charge >= 0.3 is 0 Å². The first-order chi connectivity index (χ1) is 8.86. The van der Waals surface area contributed by atoms with Crippen LogP contribution in [-0.2, 0) is 4.74 Å². The molecule has 1 unspecified atom stereocenters. The second-order valence-corrected chi connectivity index (χ2v) is 5.16. The number of fused-ring (bicyclic) bond motifs is 1. The molecular weight excluding hydrogens is 250 g/mol. The molecule has 1 saturated heterocycles. The summed E-state index contributed by atoms with van der Waals surface area (Å²) < 4.78 is 5.62. The van der Waals surface area contributed by atoms with Crippen molar-refractivity contribution in [1.82, 2.24) is 19.9 Å². The van der Waals surface area contributed by atoms with Gasteiger partial charge in [-0.25, -0.2) is 9.97 Å². The number of nitrogens with one attached hydrogen (secondary N) is 2. The van der Waals surface area contributed by atoms with Crippen molar-refractivity contribution in [2.24, 2.45) is 0 Å². The van der Waals surface area contributed by atoms with Gasteiger partial charge in [0.1, 0.15) is 10.5 Å². The molecule has 1 aliphatic rings. The summed E-state index contributed by atoms with van der Waals surface area (Å²) in [6, 6.07) is 0. The first-order valence-electron chi connectivity index (χ1n) is 6.00. The van der Waals surface area contributed by atoms with Gasteiger partial charge < -0.3 is 15.0 Å². The van der Waals surface area contributed by atoms with Crippen molar-refractivity contribution >= 4 is 28.9 Å². The van der Waals surface area contributed by atoms with E-state index < -0.39 is 0 Å². The van der Waals surface area contributed by atoms with Crippen molar-refractivity contribution in [2.45, 2.75) is 24.0 Å². The average Bonchev–Trinajstić information content (AvgIpc) is 3.06. The summed E-state index contributed by atoms with van der Waals surface area (Å²) in [6.45, 7) is 0.885. The monoisotopic (exact) mass is 265 g/mol. The number of aromatic amines is 1. The Hall–Kier alpha value is -1.34. The fourth-order valence-corrected chi connectivity index (χ4v) is 3.02. The van der Waals surface area contributed by atoms with Gasteiger partial charge in [-0.3, -0.25) is 0 Å². The molecule has 6 nitrogen and oxygen atoms in total. The zero-order valence-electron chi connectivity index (χ0n) is 10.1. The molecule has 2 N–H and O–H groups in total. The van der Waals surface area contributed by atoms with E-state index in [0.29, 0.717) is 17.7 Å². The third-order valence-electron chi connectivity index (χ3n) is 2.91. The van der Waals surface area contributed by atoms with Crippen molar-refractivity contribution < 1.29 is 4.74 Å².